The van der Waals surface area contributed by atoms with E-state index in [2.05, 4.69) is 5.32 Å². The molecule has 0 atom stereocenters. The van der Waals surface area contributed by atoms with Crippen molar-refractivity contribution in [1.82, 2.24) is 14.7 Å². The van der Waals surface area contributed by atoms with Crippen molar-refractivity contribution in [2.24, 2.45) is 0 Å². The van der Waals surface area contributed by atoms with E-state index in [1.165, 1.54) is 6.42 Å². The zero-order valence-corrected chi connectivity index (χ0v) is 15.4. The van der Waals surface area contributed by atoms with E-state index in [0.717, 1.165) is 31.5 Å². The summed E-state index contributed by atoms with van der Waals surface area (Å²) in [6, 6.07) is 5.45. The Labute approximate surface area is 153 Å². The summed E-state index contributed by atoms with van der Waals surface area (Å²) in [5, 5.41) is 3.51. The van der Waals surface area contributed by atoms with Crippen LogP contribution in [0.3, 0.4) is 0 Å². The van der Waals surface area contributed by atoms with Crippen LogP contribution in [-0.4, -0.2) is 66.0 Å². The van der Waals surface area contributed by atoms with Gasteiger partial charge in [0.25, 0.3) is 0 Å². The summed E-state index contributed by atoms with van der Waals surface area (Å²) >= 11 is 6.10. The lowest BCUT2D eigenvalue weighted by molar-refractivity contribution is 0.116. The van der Waals surface area contributed by atoms with Crippen molar-refractivity contribution in [1.29, 1.82) is 0 Å². The van der Waals surface area contributed by atoms with Crippen LogP contribution in [-0.2, 0) is 0 Å². The quantitative estimate of drug-likeness (QED) is 0.830. The average molecular weight is 365 g/mol. The maximum atomic E-state index is 12.5. The van der Waals surface area contributed by atoms with Crippen molar-refractivity contribution in [3.05, 3.63) is 28.8 Å². The molecule has 7 heteroatoms. The highest BCUT2D eigenvalue weighted by molar-refractivity contribution is 6.31. The number of carbonyl (C=O) groups is 2. The molecule has 2 saturated heterocycles. The minimum atomic E-state index is -0.148. The van der Waals surface area contributed by atoms with Crippen LogP contribution in [0, 0.1) is 6.92 Å². The molecule has 1 N–H and O–H groups in total. The van der Waals surface area contributed by atoms with Crippen LogP contribution in [0.2, 0.25) is 5.02 Å². The molecule has 4 amide bonds. The standard InChI is InChI=1S/C18H25ClN4O2/c1-14-5-6-15(13-16(14)19)20-17(24)21-9-11-23(12-10-21)18(25)22-7-3-2-4-8-22/h5-6,13H,2-4,7-12H2,1H3,(H,20,24). The fourth-order valence-electron chi connectivity index (χ4n) is 3.26. The summed E-state index contributed by atoms with van der Waals surface area (Å²) in [5.41, 5.74) is 1.66. The summed E-state index contributed by atoms with van der Waals surface area (Å²) in [4.78, 5) is 30.4. The van der Waals surface area contributed by atoms with E-state index in [4.69, 9.17) is 11.6 Å². The van der Waals surface area contributed by atoms with E-state index in [-0.39, 0.29) is 12.1 Å². The maximum Gasteiger partial charge on any atom is 0.321 e. The number of urea groups is 2. The Morgan fingerprint density at radius 2 is 1.52 bits per heavy atom. The Kier molecular flexibility index (Phi) is 5.68. The Bertz CT molecular complexity index is 638. The lowest BCUT2D eigenvalue weighted by Crippen LogP contribution is -2.55. The molecule has 1 aromatic carbocycles. The van der Waals surface area contributed by atoms with Gasteiger partial charge in [0.15, 0.2) is 0 Å². The lowest BCUT2D eigenvalue weighted by atomic mass is 10.1. The summed E-state index contributed by atoms with van der Waals surface area (Å²) < 4.78 is 0. The summed E-state index contributed by atoms with van der Waals surface area (Å²) in [7, 11) is 0. The van der Waals surface area contributed by atoms with Gasteiger partial charge in [-0.2, -0.15) is 0 Å². The van der Waals surface area contributed by atoms with Crippen molar-refractivity contribution in [2.45, 2.75) is 26.2 Å². The van der Waals surface area contributed by atoms with Gasteiger partial charge in [-0.3, -0.25) is 0 Å². The molecule has 2 fully saturated rings. The van der Waals surface area contributed by atoms with Gasteiger partial charge in [-0.15, -0.1) is 0 Å². The van der Waals surface area contributed by atoms with Crippen LogP contribution in [0.1, 0.15) is 24.8 Å². The van der Waals surface area contributed by atoms with Gasteiger partial charge in [-0.25, -0.2) is 9.59 Å². The number of nitrogens with zero attached hydrogens (tertiary/aromatic N) is 3. The Morgan fingerprint density at radius 1 is 0.920 bits per heavy atom. The number of halogens is 1. The first-order valence-electron chi connectivity index (χ1n) is 8.90. The molecule has 25 heavy (non-hydrogen) atoms. The first-order chi connectivity index (χ1) is 12.0. The summed E-state index contributed by atoms with van der Waals surface area (Å²) in [6.07, 6.45) is 3.39. The van der Waals surface area contributed by atoms with Crippen molar-refractivity contribution >= 4 is 29.4 Å². The molecule has 3 rings (SSSR count). The second kappa shape index (κ2) is 7.95. The highest BCUT2D eigenvalue weighted by Crippen LogP contribution is 2.20. The maximum absolute atomic E-state index is 12.5. The molecule has 0 bridgehead atoms. The molecule has 2 aliphatic rings. The Morgan fingerprint density at radius 3 is 2.16 bits per heavy atom. The first-order valence-corrected chi connectivity index (χ1v) is 9.28. The molecule has 0 saturated carbocycles. The van der Waals surface area contributed by atoms with E-state index >= 15 is 0 Å². The highest BCUT2D eigenvalue weighted by atomic mass is 35.5. The van der Waals surface area contributed by atoms with Crippen molar-refractivity contribution in [3.63, 3.8) is 0 Å². The molecule has 1 aromatic rings. The number of amides is 4. The van der Waals surface area contributed by atoms with Gasteiger partial charge in [0, 0.05) is 50.0 Å². The summed E-state index contributed by atoms with van der Waals surface area (Å²) in [5.74, 6) is 0. The van der Waals surface area contributed by atoms with Gasteiger partial charge in [-0.1, -0.05) is 17.7 Å². The lowest BCUT2D eigenvalue weighted by Gasteiger charge is -2.38. The summed E-state index contributed by atoms with van der Waals surface area (Å²) in [6.45, 7) is 5.89. The molecule has 0 radical (unpaired) electrons. The number of nitrogens with one attached hydrogen (secondary N) is 1. The number of piperidine rings is 1. The monoisotopic (exact) mass is 364 g/mol. The van der Waals surface area contributed by atoms with Crippen LogP contribution in [0.4, 0.5) is 15.3 Å². The minimum absolute atomic E-state index is 0.116. The number of anilines is 1. The van der Waals surface area contributed by atoms with Gasteiger partial charge in [0.05, 0.1) is 0 Å². The van der Waals surface area contributed by atoms with Crippen LogP contribution in [0.15, 0.2) is 18.2 Å². The molecule has 136 valence electrons. The third-order valence-corrected chi connectivity index (χ3v) is 5.29. The zero-order chi connectivity index (χ0) is 17.8. The normalized spacial score (nSPS) is 18.2. The molecule has 0 aromatic heterocycles. The molecule has 0 aliphatic carbocycles. The smallest absolute Gasteiger partial charge is 0.321 e. The first kappa shape index (κ1) is 17.9. The van der Waals surface area contributed by atoms with Crippen LogP contribution in [0.25, 0.3) is 0 Å². The predicted molar refractivity (Wildman–Crippen MR) is 99.2 cm³/mol. The third kappa shape index (κ3) is 4.37. The van der Waals surface area contributed by atoms with Crippen molar-refractivity contribution in [3.8, 4) is 0 Å². The fourth-order valence-corrected chi connectivity index (χ4v) is 3.44. The molecule has 0 spiro atoms. The minimum Gasteiger partial charge on any atom is -0.325 e. The second-order valence-electron chi connectivity index (χ2n) is 6.70. The van der Waals surface area contributed by atoms with E-state index in [1.54, 1.807) is 11.0 Å². The van der Waals surface area contributed by atoms with Gasteiger partial charge in [0.1, 0.15) is 0 Å². The number of benzene rings is 1. The molecular formula is C18H25ClN4O2. The van der Waals surface area contributed by atoms with Crippen molar-refractivity contribution < 1.29 is 9.59 Å². The highest BCUT2D eigenvalue weighted by Gasteiger charge is 2.27. The van der Waals surface area contributed by atoms with Gasteiger partial charge in [0.2, 0.25) is 0 Å². The number of hydrogen-bond donors (Lipinski definition) is 1. The van der Waals surface area contributed by atoms with E-state index in [1.807, 2.05) is 28.9 Å². The fraction of sp³-hybridized carbons (Fsp3) is 0.556. The number of hydrogen-bond acceptors (Lipinski definition) is 2. The van der Waals surface area contributed by atoms with Gasteiger partial charge in [-0.05, 0) is 43.9 Å². The van der Waals surface area contributed by atoms with Crippen LogP contribution < -0.4 is 5.32 Å². The van der Waals surface area contributed by atoms with E-state index in [9.17, 15) is 9.59 Å². The van der Waals surface area contributed by atoms with E-state index < -0.39 is 0 Å². The Hall–Kier alpha value is -1.95. The average Bonchev–Trinajstić information content (AvgIpc) is 2.65. The van der Waals surface area contributed by atoms with E-state index in [0.29, 0.717) is 36.9 Å². The van der Waals surface area contributed by atoms with Gasteiger partial charge >= 0.3 is 12.1 Å². The zero-order valence-electron chi connectivity index (χ0n) is 14.6. The third-order valence-electron chi connectivity index (χ3n) is 4.89. The number of carbonyl (C=O) groups excluding carboxylic acids is 2. The largest absolute Gasteiger partial charge is 0.325 e. The van der Waals surface area contributed by atoms with Crippen LogP contribution >= 0.6 is 11.6 Å². The van der Waals surface area contributed by atoms with Crippen LogP contribution in [0.5, 0.6) is 0 Å². The molecular weight excluding hydrogens is 340 g/mol. The SMILES string of the molecule is Cc1ccc(NC(=O)N2CCN(C(=O)N3CCCCC3)CC2)cc1Cl. The number of rotatable bonds is 1. The Balaban J connectivity index is 1.50. The number of aryl methyl sites for hydroxylation is 1. The second-order valence-corrected chi connectivity index (χ2v) is 7.11. The molecule has 0 unspecified atom stereocenters. The van der Waals surface area contributed by atoms with Crippen molar-refractivity contribution in [2.75, 3.05) is 44.6 Å². The van der Waals surface area contributed by atoms with Gasteiger partial charge < -0.3 is 20.0 Å². The molecule has 2 aliphatic heterocycles. The number of likely N-dealkylation sites (tertiary alicyclic amines) is 1. The molecule has 6 nitrogen and oxygen atoms in total. The topological polar surface area (TPSA) is 55.9 Å². The molecule has 2 heterocycles. The predicted octanol–water partition coefficient (Wildman–Crippen LogP) is 3.40. The number of piperazine rings is 1.